The Morgan fingerprint density at radius 2 is 2.18 bits per heavy atom. The summed E-state index contributed by atoms with van der Waals surface area (Å²) < 4.78 is 30.9. The Bertz CT molecular complexity index is 642. The number of aryl methyl sites for hydroxylation is 1. The lowest BCUT2D eigenvalue weighted by Gasteiger charge is -2.03. The lowest BCUT2D eigenvalue weighted by atomic mass is 10.3. The minimum atomic E-state index is -3.81. The van der Waals surface area contributed by atoms with Crippen LogP contribution in [0.25, 0.3) is 0 Å². The van der Waals surface area contributed by atoms with Gasteiger partial charge >= 0.3 is 0 Å². The summed E-state index contributed by atoms with van der Waals surface area (Å²) in [5.74, 6) is 0.0366. The van der Waals surface area contributed by atoms with Crippen molar-refractivity contribution in [3.63, 3.8) is 0 Å². The molecule has 0 unspecified atom stereocenters. The summed E-state index contributed by atoms with van der Waals surface area (Å²) in [6.45, 7) is 3.41. The standard InChI is InChI=1S/C8H11N5O3S/c1-4-5(2)12-16-8(4)13-17(14,15)6-3-10-11-7(6)9/h3,13H,1-2H3,(H3,9,10,11). The first-order valence-corrected chi connectivity index (χ1v) is 6.14. The lowest BCUT2D eigenvalue weighted by Crippen LogP contribution is -2.14. The predicted octanol–water partition coefficient (Wildman–Crippen LogP) is 0.398. The average Bonchev–Trinajstić information content (AvgIpc) is 2.80. The molecule has 0 aromatic carbocycles. The van der Waals surface area contributed by atoms with E-state index >= 15 is 0 Å². The smallest absolute Gasteiger partial charge is 0.269 e. The van der Waals surface area contributed by atoms with Gasteiger partial charge in [0.25, 0.3) is 10.0 Å². The zero-order valence-corrected chi connectivity index (χ0v) is 10.00. The van der Waals surface area contributed by atoms with Gasteiger partial charge in [0.2, 0.25) is 5.88 Å². The largest absolute Gasteiger partial charge is 0.383 e. The van der Waals surface area contributed by atoms with Gasteiger partial charge in [-0.1, -0.05) is 5.16 Å². The molecule has 0 amide bonds. The molecule has 0 spiro atoms. The molecule has 0 fully saturated rings. The Morgan fingerprint density at radius 1 is 1.47 bits per heavy atom. The van der Waals surface area contributed by atoms with E-state index in [1.54, 1.807) is 13.8 Å². The average molecular weight is 257 g/mol. The van der Waals surface area contributed by atoms with E-state index < -0.39 is 10.0 Å². The van der Waals surface area contributed by atoms with Crippen LogP contribution in [0.2, 0.25) is 0 Å². The van der Waals surface area contributed by atoms with Crippen molar-refractivity contribution >= 4 is 21.7 Å². The van der Waals surface area contributed by atoms with E-state index in [4.69, 9.17) is 10.3 Å². The van der Waals surface area contributed by atoms with Gasteiger partial charge in [-0.3, -0.25) is 5.10 Å². The lowest BCUT2D eigenvalue weighted by molar-refractivity contribution is 0.430. The zero-order chi connectivity index (χ0) is 12.6. The number of hydrogen-bond donors (Lipinski definition) is 3. The van der Waals surface area contributed by atoms with E-state index in [1.165, 1.54) is 0 Å². The second-order valence-electron chi connectivity index (χ2n) is 3.48. The number of hydrogen-bond acceptors (Lipinski definition) is 6. The zero-order valence-electron chi connectivity index (χ0n) is 9.18. The quantitative estimate of drug-likeness (QED) is 0.730. The summed E-state index contributed by atoms with van der Waals surface area (Å²) in [6.07, 6.45) is 1.12. The summed E-state index contributed by atoms with van der Waals surface area (Å²) in [5, 5.41) is 9.53. The van der Waals surface area contributed by atoms with Gasteiger partial charge in [0.05, 0.1) is 11.9 Å². The molecule has 0 bridgehead atoms. The molecular formula is C8H11N5O3S. The number of nitrogens with zero attached hydrogens (tertiary/aromatic N) is 2. The maximum Gasteiger partial charge on any atom is 0.269 e. The van der Waals surface area contributed by atoms with Crippen molar-refractivity contribution in [2.75, 3.05) is 10.5 Å². The van der Waals surface area contributed by atoms with Gasteiger partial charge in [0.1, 0.15) is 10.7 Å². The Kier molecular flexibility index (Phi) is 2.54. The van der Waals surface area contributed by atoms with Gasteiger partial charge in [-0.2, -0.15) is 5.10 Å². The summed E-state index contributed by atoms with van der Waals surface area (Å²) in [4.78, 5) is -0.133. The van der Waals surface area contributed by atoms with Crippen molar-refractivity contribution in [2.45, 2.75) is 18.7 Å². The van der Waals surface area contributed by atoms with Crippen molar-refractivity contribution in [3.05, 3.63) is 17.5 Å². The summed E-state index contributed by atoms with van der Waals surface area (Å²) >= 11 is 0. The maximum absolute atomic E-state index is 11.9. The van der Waals surface area contributed by atoms with Crippen molar-refractivity contribution < 1.29 is 12.9 Å². The van der Waals surface area contributed by atoms with Gasteiger partial charge in [-0.15, -0.1) is 0 Å². The highest BCUT2D eigenvalue weighted by Crippen LogP contribution is 2.23. The molecule has 0 saturated carbocycles. The number of aromatic nitrogens is 3. The molecule has 0 saturated heterocycles. The Labute approximate surface area is 97.2 Å². The molecule has 0 aliphatic heterocycles. The molecule has 17 heavy (non-hydrogen) atoms. The molecule has 92 valence electrons. The minimum absolute atomic E-state index is 0.0357. The Morgan fingerprint density at radius 3 is 2.65 bits per heavy atom. The molecular weight excluding hydrogens is 246 g/mol. The molecule has 0 aliphatic rings. The minimum Gasteiger partial charge on any atom is -0.383 e. The third kappa shape index (κ3) is 1.96. The molecule has 2 aromatic heterocycles. The Balaban J connectivity index is 2.37. The fourth-order valence-electron chi connectivity index (χ4n) is 1.19. The molecule has 2 aromatic rings. The van der Waals surface area contributed by atoms with Crippen LogP contribution in [-0.4, -0.2) is 23.8 Å². The van der Waals surface area contributed by atoms with Crippen molar-refractivity contribution in [1.29, 1.82) is 0 Å². The molecule has 0 atom stereocenters. The number of nitrogen functional groups attached to an aromatic ring is 1. The molecule has 0 aliphatic carbocycles. The van der Waals surface area contributed by atoms with E-state index in [1.807, 2.05) is 0 Å². The number of nitrogens with one attached hydrogen (secondary N) is 2. The van der Waals surface area contributed by atoms with Crippen LogP contribution in [0.15, 0.2) is 15.6 Å². The van der Waals surface area contributed by atoms with E-state index in [0.717, 1.165) is 6.20 Å². The molecule has 2 heterocycles. The maximum atomic E-state index is 11.9. The van der Waals surface area contributed by atoms with Gasteiger partial charge in [0, 0.05) is 5.56 Å². The number of anilines is 2. The molecule has 9 heteroatoms. The van der Waals surface area contributed by atoms with Crippen LogP contribution in [0.3, 0.4) is 0 Å². The number of sulfonamides is 1. The van der Waals surface area contributed by atoms with E-state index in [2.05, 4.69) is 20.1 Å². The van der Waals surface area contributed by atoms with Crippen LogP contribution in [0.1, 0.15) is 11.3 Å². The third-order valence-electron chi connectivity index (χ3n) is 2.31. The van der Waals surface area contributed by atoms with E-state index in [-0.39, 0.29) is 16.6 Å². The second-order valence-corrected chi connectivity index (χ2v) is 5.13. The first-order chi connectivity index (χ1) is 7.92. The van der Waals surface area contributed by atoms with E-state index in [9.17, 15) is 8.42 Å². The van der Waals surface area contributed by atoms with Gasteiger partial charge in [-0.25, -0.2) is 13.1 Å². The molecule has 0 radical (unpaired) electrons. The number of aromatic amines is 1. The van der Waals surface area contributed by atoms with Gasteiger partial charge in [0.15, 0.2) is 0 Å². The fourth-order valence-corrected chi connectivity index (χ4v) is 2.26. The number of nitrogens with two attached hydrogens (primary N) is 1. The second kappa shape index (κ2) is 3.77. The SMILES string of the molecule is Cc1noc(NS(=O)(=O)c2cn[nH]c2N)c1C. The number of H-pyrrole nitrogens is 1. The molecule has 4 N–H and O–H groups in total. The summed E-state index contributed by atoms with van der Waals surface area (Å²) in [5.41, 5.74) is 6.67. The summed E-state index contributed by atoms with van der Waals surface area (Å²) in [7, 11) is -3.81. The molecule has 2 rings (SSSR count). The normalized spacial score (nSPS) is 11.6. The van der Waals surface area contributed by atoms with Crippen molar-refractivity contribution in [2.24, 2.45) is 0 Å². The van der Waals surface area contributed by atoms with Crippen LogP contribution in [-0.2, 0) is 10.0 Å². The molecule has 8 nitrogen and oxygen atoms in total. The highest BCUT2D eigenvalue weighted by molar-refractivity contribution is 7.92. The third-order valence-corrected chi connectivity index (χ3v) is 3.66. The predicted molar refractivity (Wildman–Crippen MR) is 59.8 cm³/mol. The van der Waals surface area contributed by atoms with Crippen molar-refractivity contribution in [3.8, 4) is 0 Å². The first-order valence-electron chi connectivity index (χ1n) is 4.66. The highest BCUT2D eigenvalue weighted by Gasteiger charge is 2.22. The van der Waals surface area contributed by atoms with Crippen LogP contribution in [0, 0.1) is 13.8 Å². The van der Waals surface area contributed by atoms with Crippen LogP contribution in [0.5, 0.6) is 0 Å². The van der Waals surface area contributed by atoms with Gasteiger partial charge < -0.3 is 10.3 Å². The summed E-state index contributed by atoms with van der Waals surface area (Å²) in [6, 6.07) is 0. The Hall–Kier alpha value is -2.03. The van der Waals surface area contributed by atoms with Crippen LogP contribution < -0.4 is 10.5 Å². The van der Waals surface area contributed by atoms with Crippen LogP contribution >= 0.6 is 0 Å². The number of rotatable bonds is 3. The highest BCUT2D eigenvalue weighted by atomic mass is 32.2. The van der Waals surface area contributed by atoms with E-state index in [0.29, 0.717) is 11.3 Å². The monoisotopic (exact) mass is 257 g/mol. The fraction of sp³-hybridized carbons (Fsp3) is 0.250. The topological polar surface area (TPSA) is 127 Å². The van der Waals surface area contributed by atoms with Gasteiger partial charge in [-0.05, 0) is 13.8 Å². The van der Waals surface area contributed by atoms with Crippen molar-refractivity contribution in [1.82, 2.24) is 15.4 Å². The first kappa shape index (κ1) is 11.5. The van der Waals surface area contributed by atoms with Crippen LogP contribution in [0.4, 0.5) is 11.7 Å².